The lowest BCUT2D eigenvalue weighted by atomic mass is 10.0. The van der Waals surface area contributed by atoms with Gasteiger partial charge in [-0.15, -0.1) is 11.8 Å². The Morgan fingerprint density at radius 1 is 1.14 bits per heavy atom. The number of hydrogen-bond acceptors (Lipinski definition) is 6. The molecule has 0 saturated carbocycles. The summed E-state index contributed by atoms with van der Waals surface area (Å²) in [5.41, 5.74) is -1.51. The molecular weight excluding hydrogens is 507 g/mol. The normalized spacial score (nSPS) is 20.3. The van der Waals surface area contributed by atoms with Crippen LogP contribution in [0.25, 0.3) is 0 Å². The van der Waals surface area contributed by atoms with Crippen LogP contribution in [-0.4, -0.2) is 44.0 Å². The highest BCUT2D eigenvalue weighted by Gasteiger charge is 2.71. The Morgan fingerprint density at radius 2 is 1.74 bits per heavy atom. The summed E-state index contributed by atoms with van der Waals surface area (Å²) in [7, 11) is 0. The fraction of sp³-hybridized carbons (Fsp3) is 0.391. The molecule has 1 fully saturated rings. The molecule has 1 aliphatic rings. The predicted octanol–water partition coefficient (Wildman–Crippen LogP) is 5.91. The predicted molar refractivity (Wildman–Crippen MR) is 124 cm³/mol. The van der Waals surface area contributed by atoms with Gasteiger partial charge in [-0.3, -0.25) is 14.6 Å². The minimum atomic E-state index is -5.38. The van der Waals surface area contributed by atoms with Crippen LogP contribution in [-0.2, 0) is 21.0 Å². The second kappa shape index (κ2) is 9.11. The second-order valence-corrected chi connectivity index (χ2v) is 11.7. The number of nitrogens with zero attached hydrogens (tertiary/aromatic N) is 3. The van der Waals surface area contributed by atoms with Crippen molar-refractivity contribution in [3.8, 4) is 0 Å². The molecule has 0 bridgehead atoms. The molecule has 12 heteroatoms. The van der Waals surface area contributed by atoms with E-state index in [9.17, 15) is 27.6 Å². The summed E-state index contributed by atoms with van der Waals surface area (Å²) in [6.45, 7) is 7.94. The van der Waals surface area contributed by atoms with E-state index in [4.69, 9.17) is 16.4 Å². The number of amides is 3. The highest BCUT2D eigenvalue weighted by molar-refractivity contribution is 8.00. The van der Waals surface area contributed by atoms with Crippen LogP contribution in [0.4, 0.5) is 23.7 Å². The molecule has 1 unspecified atom stereocenters. The van der Waals surface area contributed by atoms with E-state index < -0.39 is 40.8 Å². The number of imide groups is 1. The van der Waals surface area contributed by atoms with Crippen LogP contribution in [0.2, 0.25) is 5.02 Å². The number of thioether (sulfide) groups is 1. The number of quaternary nitrogens is 1. The molecule has 35 heavy (non-hydrogen) atoms. The van der Waals surface area contributed by atoms with Crippen molar-refractivity contribution in [1.29, 1.82) is 0 Å². The summed E-state index contributed by atoms with van der Waals surface area (Å²) in [5.74, 6) is -3.43. The first-order chi connectivity index (χ1) is 16.0. The van der Waals surface area contributed by atoms with Gasteiger partial charge in [0.1, 0.15) is 0 Å². The van der Waals surface area contributed by atoms with Gasteiger partial charge in [0.15, 0.2) is 6.54 Å². The SMILES string of the molecule is CC(C)(C)Sc1ccc(N2C(=O)C(C)(C)[N+](Cc3ccncc3)(OC(=O)C(F)(F)F)C2=O)cc1Cl. The number of carbonyl (C=O) groups is 3. The lowest BCUT2D eigenvalue weighted by Crippen LogP contribution is -2.62. The molecule has 1 atom stereocenters. The molecule has 1 aromatic carbocycles. The van der Waals surface area contributed by atoms with Gasteiger partial charge in [-0.2, -0.15) is 18.1 Å². The Balaban J connectivity index is 2.12. The van der Waals surface area contributed by atoms with E-state index in [0.717, 1.165) is 0 Å². The van der Waals surface area contributed by atoms with Gasteiger partial charge in [0, 0.05) is 41.4 Å². The number of halogens is 4. The van der Waals surface area contributed by atoms with Gasteiger partial charge in [0.2, 0.25) is 5.54 Å². The van der Waals surface area contributed by atoms with Crippen molar-refractivity contribution in [3.05, 3.63) is 53.3 Å². The monoisotopic (exact) mass is 530 g/mol. The van der Waals surface area contributed by atoms with Gasteiger partial charge >= 0.3 is 24.1 Å². The first-order valence-corrected chi connectivity index (χ1v) is 11.6. The number of benzene rings is 1. The van der Waals surface area contributed by atoms with Gasteiger partial charge in [0.05, 0.1) is 10.7 Å². The van der Waals surface area contributed by atoms with Crippen LogP contribution >= 0.6 is 23.4 Å². The van der Waals surface area contributed by atoms with Crippen molar-refractivity contribution in [3.63, 3.8) is 0 Å². The van der Waals surface area contributed by atoms with Gasteiger partial charge in [-0.1, -0.05) is 32.4 Å². The minimum Gasteiger partial charge on any atom is -0.266 e. The van der Waals surface area contributed by atoms with Crippen molar-refractivity contribution in [1.82, 2.24) is 4.98 Å². The van der Waals surface area contributed by atoms with E-state index in [1.807, 2.05) is 20.8 Å². The Labute approximate surface area is 209 Å². The van der Waals surface area contributed by atoms with E-state index in [0.29, 0.717) is 15.4 Å². The maximum absolute atomic E-state index is 13.7. The van der Waals surface area contributed by atoms with E-state index in [-0.39, 0.29) is 15.5 Å². The zero-order chi connectivity index (χ0) is 26.4. The fourth-order valence-corrected chi connectivity index (χ4v) is 4.82. The minimum absolute atomic E-state index is 0.0501. The number of pyridine rings is 1. The molecule has 2 heterocycles. The van der Waals surface area contributed by atoms with Gasteiger partial charge < -0.3 is 0 Å². The molecule has 0 N–H and O–H groups in total. The zero-order valence-corrected chi connectivity index (χ0v) is 21.2. The molecule has 1 saturated heterocycles. The number of anilines is 1. The van der Waals surface area contributed by atoms with E-state index in [1.165, 1.54) is 62.3 Å². The van der Waals surface area contributed by atoms with E-state index in [2.05, 4.69) is 4.98 Å². The average Bonchev–Trinajstić information content (AvgIpc) is 2.86. The topological polar surface area (TPSA) is 76.6 Å². The van der Waals surface area contributed by atoms with Crippen molar-refractivity contribution in [2.45, 2.75) is 62.5 Å². The summed E-state index contributed by atoms with van der Waals surface area (Å²) < 4.78 is 37.9. The molecule has 2 aromatic rings. The van der Waals surface area contributed by atoms with E-state index >= 15 is 0 Å². The van der Waals surface area contributed by atoms with E-state index in [1.54, 1.807) is 6.07 Å². The smallest absolute Gasteiger partial charge is 0.266 e. The molecule has 3 rings (SSSR count). The molecule has 0 aliphatic carbocycles. The average molecular weight is 531 g/mol. The summed E-state index contributed by atoms with van der Waals surface area (Å²) in [6, 6.07) is 6.24. The summed E-state index contributed by atoms with van der Waals surface area (Å²) >= 11 is 7.88. The lowest BCUT2D eigenvalue weighted by molar-refractivity contribution is -1.06. The molecule has 0 spiro atoms. The molecule has 188 valence electrons. The fourth-order valence-electron chi connectivity index (χ4n) is 3.57. The molecule has 7 nitrogen and oxygen atoms in total. The number of alkyl halides is 3. The zero-order valence-electron chi connectivity index (χ0n) is 19.6. The molecular formula is C23H24ClF3N3O4S+. The Bertz CT molecular complexity index is 1170. The quantitative estimate of drug-likeness (QED) is 0.272. The van der Waals surface area contributed by atoms with Gasteiger partial charge in [0.25, 0.3) is 0 Å². The van der Waals surface area contributed by atoms with Crippen LogP contribution in [0.5, 0.6) is 0 Å². The number of rotatable bonds is 5. The number of aromatic nitrogens is 1. The van der Waals surface area contributed by atoms with Crippen molar-refractivity contribution in [2.75, 3.05) is 4.90 Å². The Hall–Kier alpha value is -2.63. The maximum atomic E-state index is 13.7. The number of urea groups is 1. The number of hydrogen-bond donors (Lipinski definition) is 0. The van der Waals surface area contributed by atoms with Crippen LogP contribution in [0.1, 0.15) is 40.2 Å². The summed E-state index contributed by atoms with van der Waals surface area (Å²) in [6.07, 6.45) is -2.64. The second-order valence-electron chi connectivity index (χ2n) is 9.44. The Kier molecular flexibility index (Phi) is 7.02. The first kappa shape index (κ1) is 27.0. The van der Waals surface area contributed by atoms with Crippen LogP contribution < -0.4 is 4.90 Å². The number of carbonyl (C=O) groups excluding carboxylic acids is 3. The third-order valence-electron chi connectivity index (χ3n) is 5.34. The van der Waals surface area contributed by atoms with Crippen LogP contribution in [0.3, 0.4) is 0 Å². The number of hydroxylamine groups is 3. The van der Waals surface area contributed by atoms with Gasteiger partial charge in [-0.25, -0.2) is 9.59 Å². The standard InChI is InChI=1S/C23H24ClF3N3O4S/c1-21(2,3)35-17-7-6-15(12-16(17)24)29-18(31)22(4,5)30(20(29)33,34-19(32)23(25,26)27)13-14-8-10-28-11-9-14/h6-12H,13H2,1-5H3/q+1. The van der Waals surface area contributed by atoms with Crippen molar-refractivity contribution in [2.24, 2.45) is 0 Å². The summed E-state index contributed by atoms with van der Waals surface area (Å²) in [5, 5.41) is 0.257. The molecule has 3 amide bonds. The first-order valence-electron chi connectivity index (χ1n) is 10.4. The van der Waals surface area contributed by atoms with Crippen molar-refractivity contribution < 1.29 is 37.0 Å². The molecule has 1 aromatic heterocycles. The summed E-state index contributed by atoms with van der Waals surface area (Å²) in [4.78, 5) is 49.2. The van der Waals surface area contributed by atoms with Crippen LogP contribution in [0.15, 0.2) is 47.6 Å². The van der Waals surface area contributed by atoms with Crippen LogP contribution in [0, 0.1) is 0 Å². The third kappa shape index (κ3) is 5.17. The van der Waals surface area contributed by atoms with Gasteiger partial charge in [-0.05, 0) is 35.0 Å². The lowest BCUT2D eigenvalue weighted by Gasteiger charge is -2.35. The molecule has 0 radical (unpaired) electrons. The Morgan fingerprint density at radius 3 is 2.26 bits per heavy atom. The molecule has 1 aliphatic heterocycles. The van der Waals surface area contributed by atoms with Crippen molar-refractivity contribution >= 4 is 47.0 Å². The third-order valence-corrected chi connectivity index (χ3v) is 6.96. The largest absolute Gasteiger partial charge is 0.497 e. The highest BCUT2D eigenvalue weighted by Crippen LogP contribution is 2.44. The maximum Gasteiger partial charge on any atom is 0.497 e. The highest BCUT2D eigenvalue weighted by atomic mass is 35.5.